The molecule has 0 spiro atoms. The number of rotatable bonds is 4. The Hall–Kier alpha value is -0.820. The van der Waals surface area contributed by atoms with Crippen LogP contribution in [0.15, 0.2) is 0 Å². The summed E-state index contributed by atoms with van der Waals surface area (Å²) >= 11 is 1.61. The van der Waals surface area contributed by atoms with Gasteiger partial charge in [0, 0.05) is 12.3 Å². The van der Waals surface area contributed by atoms with Gasteiger partial charge in [0.15, 0.2) is 0 Å². The predicted octanol–water partition coefficient (Wildman–Crippen LogP) is 1.88. The summed E-state index contributed by atoms with van der Waals surface area (Å²) in [4.78, 5) is 11.1. The number of carbonyl (C=O) groups excluding carboxylic acids is 1. The number of thioether (sulfide) groups is 1. The lowest BCUT2D eigenvalue weighted by Gasteiger charge is -2.19. The van der Waals surface area contributed by atoms with Crippen LogP contribution in [0.25, 0.3) is 0 Å². The van der Waals surface area contributed by atoms with E-state index < -0.39 is 5.60 Å². The van der Waals surface area contributed by atoms with E-state index in [2.05, 4.69) is 11.2 Å². The average Bonchev–Trinajstić information content (AvgIpc) is 2.00. The third-order valence-electron chi connectivity index (χ3n) is 1.10. The van der Waals surface area contributed by atoms with Gasteiger partial charge in [-0.15, -0.1) is 18.2 Å². The first-order valence-electron chi connectivity index (χ1n) is 4.44. The molecule has 0 fully saturated rings. The summed E-state index contributed by atoms with van der Waals surface area (Å²) in [6.45, 7) is 6.08. The van der Waals surface area contributed by atoms with Crippen molar-refractivity contribution in [2.45, 2.75) is 26.4 Å². The molecule has 80 valence electrons. The molecule has 3 nitrogen and oxygen atoms in total. The Kier molecular flexibility index (Phi) is 6.22. The molecular formula is C10H17NO2S. The number of alkyl carbamates (subject to hydrolysis) is 1. The molecule has 0 atom stereocenters. The molecule has 0 heterocycles. The molecule has 0 unspecified atom stereocenters. The van der Waals surface area contributed by atoms with Gasteiger partial charge in [0.1, 0.15) is 5.60 Å². The Morgan fingerprint density at radius 2 is 2.21 bits per heavy atom. The summed E-state index contributed by atoms with van der Waals surface area (Å²) in [6.07, 6.45) is 4.69. The highest BCUT2D eigenvalue weighted by atomic mass is 32.2. The van der Waals surface area contributed by atoms with Crippen LogP contribution in [-0.4, -0.2) is 29.7 Å². The fraction of sp³-hybridized carbons (Fsp3) is 0.700. The van der Waals surface area contributed by atoms with Gasteiger partial charge < -0.3 is 10.1 Å². The van der Waals surface area contributed by atoms with Crippen molar-refractivity contribution in [3.63, 3.8) is 0 Å². The van der Waals surface area contributed by atoms with E-state index in [1.807, 2.05) is 20.8 Å². The summed E-state index contributed by atoms with van der Waals surface area (Å²) in [5, 5.41) is 2.65. The van der Waals surface area contributed by atoms with Crippen molar-refractivity contribution in [1.82, 2.24) is 5.32 Å². The zero-order valence-corrected chi connectivity index (χ0v) is 9.74. The minimum atomic E-state index is -0.434. The van der Waals surface area contributed by atoms with Crippen molar-refractivity contribution in [2.24, 2.45) is 0 Å². The van der Waals surface area contributed by atoms with Gasteiger partial charge in [-0.25, -0.2) is 4.79 Å². The molecule has 0 saturated carbocycles. The molecular weight excluding hydrogens is 198 g/mol. The summed E-state index contributed by atoms with van der Waals surface area (Å²) < 4.78 is 5.04. The summed E-state index contributed by atoms with van der Waals surface area (Å²) in [5.74, 6) is 4.00. The molecule has 4 heteroatoms. The van der Waals surface area contributed by atoms with E-state index in [-0.39, 0.29) is 6.09 Å². The van der Waals surface area contributed by atoms with Gasteiger partial charge in [0.25, 0.3) is 0 Å². The normalized spacial score (nSPS) is 10.4. The monoisotopic (exact) mass is 215 g/mol. The van der Waals surface area contributed by atoms with Crippen LogP contribution in [0.3, 0.4) is 0 Å². The van der Waals surface area contributed by atoms with Gasteiger partial charge in [-0.05, 0) is 20.8 Å². The second-order valence-electron chi connectivity index (χ2n) is 3.69. The van der Waals surface area contributed by atoms with E-state index in [1.165, 1.54) is 0 Å². The molecule has 14 heavy (non-hydrogen) atoms. The summed E-state index contributed by atoms with van der Waals surface area (Å²) in [7, 11) is 0. The lowest BCUT2D eigenvalue weighted by molar-refractivity contribution is 0.0531. The highest BCUT2D eigenvalue weighted by Gasteiger charge is 2.15. The van der Waals surface area contributed by atoms with E-state index in [0.717, 1.165) is 5.75 Å². The van der Waals surface area contributed by atoms with Crippen molar-refractivity contribution < 1.29 is 9.53 Å². The molecule has 0 aliphatic heterocycles. The molecule has 1 amide bonds. The second kappa shape index (κ2) is 6.61. The number of ether oxygens (including phenoxy) is 1. The first kappa shape index (κ1) is 13.2. The molecule has 0 aromatic carbocycles. The van der Waals surface area contributed by atoms with Crippen LogP contribution >= 0.6 is 11.8 Å². The van der Waals surface area contributed by atoms with E-state index in [4.69, 9.17) is 11.2 Å². The van der Waals surface area contributed by atoms with E-state index in [0.29, 0.717) is 12.3 Å². The molecule has 0 aromatic rings. The van der Waals surface area contributed by atoms with E-state index in [9.17, 15) is 4.79 Å². The number of carbonyl (C=O) groups is 1. The first-order valence-corrected chi connectivity index (χ1v) is 5.59. The Bertz CT molecular complexity index is 215. The van der Waals surface area contributed by atoms with Crippen LogP contribution < -0.4 is 5.32 Å². The van der Waals surface area contributed by atoms with Crippen molar-refractivity contribution >= 4 is 17.9 Å². The third-order valence-corrected chi connectivity index (χ3v) is 1.96. The van der Waals surface area contributed by atoms with E-state index in [1.54, 1.807) is 11.8 Å². The average molecular weight is 215 g/mol. The van der Waals surface area contributed by atoms with Gasteiger partial charge in [0.05, 0.1) is 5.75 Å². The Morgan fingerprint density at radius 1 is 1.57 bits per heavy atom. The maximum absolute atomic E-state index is 11.1. The smallest absolute Gasteiger partial charge is 0.407 e. The van der Waals surface area contributed by atoms with Gasteiger partial charge in [-0.1, -0.05) is 5.92 Å². The third kappa shape index (κ3) is 9.27. The lowest BCUT2D eigenvalue weighted by Crippen LogP contribution is -2.33. The van der Waals surface area contributed by atoms with Crippen molar-refractivity contribution in [3.05, 3.63) is 0 Å². The minimum absolute atomic E-state index is 0.376. The van der Waals surface area contributed by atoms with E-state index >= 15 is 0 Å². The van der Waals surface area contributed by atoms with Crippen LogP contribution in [0.1, 0.15) is 20.8 Å². The van der Waals surface area contributed by atoms with Gasteiger partial charge in [-0.2, -0.15) is 0 Å². The summed E-state index contributed by atoms with van der Waals surface area (Å²) in [5.41, 5.74) is -0.434. The fourth-order valence-electron chi connectivity index (χ4n) is 0.671. The molecule has 0 aromatic heterocycles. The Morgan fingerprint density at radius 3 is 2.71 bits per heavy atom. The van der Waals surface area contributed by atoms with Gasteiger partial charge in [-0.3, -0.25) is 0 Å². The Balaban J connectivity index is 3.42. The number of amides is 1. The number of hydrogen-bond donors (Lipinski definition) is 1. The number of terminal acetylenes is 1. The molecule has 0 bridgehead atoms. The van der Waals surface area contributed by atoms with Gasteiger partial charge >= 0.3 is 6.09 Å². The van der Waals surface area contributed by atoms with Crippen LogP contribution in [-0.2, 0) is 4.74 Å². The molecule has 0 saturated heterocycles. The van der Waals surface area contributed by atoms with Crippen molar-refractivity contribution in [3.8, 4) is 12.3 Å². The SMILES string of the molecule is C#CCSCCNC(=O)OC(C)(C)C. The zero-order chi connectivity index (χ0) is 11.0. The van der Waals surface area contributed by atoms with Crippen LogP contribution in [0.5, 0.6) is 0 Å². The largest absolute Gasteiger partial charge is 0.444 e. The zero-order valence-electron chi connectivity index (χ0n) is 8.92. The van der Waals surface area contributed by atoms with Crippen LogP contribution in [0, 0.1) is 12.3 Å². The summed E-state index contributed by atoms with van der Waals surface area (Å²) in [6, 6.07) is 0. The molecule has 1 N–H and O–H groups in total. The Labute approximate surface area is 90.0 Å². The topological polar surface area (TPSA) is 38.3 Å². The van der Waals surface area contributed by atoms with Crippen LogP contribution in [0.4, 0.5) is 4.79 Å². The molecule has 0 rings (SSSR count). The van der Waals surface area contributed by atoms with Crippen molar-refractivity contribution in [2.75, 3.05) is 18.1 Å². The molecule has 0 aliphatic carbocycles. The predicted molar refractivity (Wildman–Crippen MR) is 60.4 cm³/mol. The highest BCUT2D eigenvalue weighted by Crippen LogP contribution is 2.06. The molecule has 0 aliphatic rings. The number of hydrogen-bond acceptors (Lipinski definition) is 3. The lowest BCUT2D eigenvalue weighted by atomic mass is 10.2. The quantitative estimate of drug-likeness (QED) is 0.575. The van der Waals surface area contributed by atoms with Crippen LogP contribution in [0.2, 0.25) is 0 Å². The highest BCUT2D eigenvalue weighted by molar-refractivity contribution is 7.99. The maximum atomic E-state index is 11.1. The standard InChI is InChI=1S/C10H17NO2S/c1-5-7-14-8-6-11-9(12)13-10(2,3)4/h1H,6-8H2,2-4H3,(H,11,12). The fourth-order valence-corrected chi connectivity index (χ4v) is 1.18. The minimum Gasteiger partial charge on any atom is -0.444 e. The second-order valence-corrected chi connectivity index (χ2v) is 4.79. The maximum Gasteiger partial charge on any atom is 0.407 e. The van der Waals surface area contributed by atoms with Gasteiger partial charge in [0.2, 0.25) is 0 Å². The van der Waals surface area contributed by atoms with Crippen molar-refractivity contribution in [1.29, 1.82) is 0 Å². The number of nitrogens with one attached hydrogen (secondary N) is 1. The molecule has 0 radical (unpaired) electrons. The first-order chi connectivity index (χ1) is 6.45.